The molecule has 0 aromatic carbocycles. The van der Waals surface area contributed by atoms with Crippen molar-refractivity contribution in [2.24, 2.45) is 10.6 Å². The van der Waals surface area contributed by atoms with Gasteiger partial charge in [0.25, 0.3) is 0 Å². The topological polar surface area (TPSA) is 41.8 Å². The second kappa shape index (κ2) is 5.50. The van der Waals surface area contributed by atoms with E-state index in [1.165, 1.54) is 0 Å². The molecule has 0 aromatic heterocycles. The predicted octanol–water partition coefficient (Wildman–Crippen LogP) is 3.21. The highest BCUT2D eigenvalue weighted by Crippen LogP contribution is 2.22. The molecule has 0 saturated heterocycles. The Morgan fingerprint density at radius 2 is 1.93 bits per heavy atom. The van der Waals surface area contributed by atoms with Gasteiger partial charge < -0.3 is 9.94 Å². The Morgan fingerprint density at radius 3 is 2.40 bits per heavy atom. The molecule has 0 bridgehead atoms. The lowest BCUT2D eigenvalue weighted by Gasteiger charge is -2.25. The van der Waals surface area contributed by atoms with Gasteiger partial charge in [0.15, 0.2) is 0 Å². The Labute approximate surface area is 92.5 Å². The summed E-state index contributed by atoms with van der Waals surface area (Å²) in [4.78, 5) is 0. The van der Waals surface area contributed by atoms with Crippen LogP contribution in [0.15, 0.2) is 5.16 Å². The van der Waals surface area contributed by atoms with Crippen LogP contribution in [0.3, 0.4) is 0 Å². The molecule has 3 heteroatoms. The fraction of sp³-hybridized carbons (Fsp3) is 0.917. The van der Waals surface area contributed by atoms with Crippen LogP contribution in [0.5, 0.6) is 0 Å². The third kappa shape index (κ3) is 5.17. The lowest BCUT2D eigenvalue weighted by Crippen LogP contribution is -2.23. The largest absolute Gasteiger partial charge is 0.411 e. The van der Waals surface area contributed by atoms with Crippen LogP contribution in [0.2, 0.25) is 0 Å². The van der Waals surface area contributed by atoms with Crippen molar-refractivity contribution in [3.8, 4) is 0 Å². The molecule has 1 saturated carbocycles. The monoisotopic (exact) mass is 213 g/mol. The first-order chi connectivity index (χ1) is 7.01. The van der Waals surface area contributed by atoms with Crippen LogP contribution < -0.4 is 0 Å². The predicted molar refractivity (Wildman–Crippen MR) is 61.5 cm³/mol. The summed E-state index contributed by atoms with van der Waals surface area (Å²) in [6.45, 7) is 7.54. The Hall–Kier alpha value is -0.570. The maximum absolute atomic E-state index is 8.61. The highest BCUT2D eigenvalue weighted by Gasteiger charge is 2.19. The van der Waals surface area contributed by atoms with Gasteiger partial charge in [-0.1, -0.05) is 25.9 Å². The number of ether oxygens (including phenoxy) is 1. The SMILES string of the molecule is CC(C)(C)CCOC1CCC(=NO)CC1. The molecule has 0 spiro atoms. The van der Waals surface area contributed by atoms with Crippen molar-refractivity contribution in [3.63, 3.8) is 0 Å². The van der Waals surface area contributed by atoms with Gasteiger partial charge in [0.2, 0.25) is 0 Å². The van der Waals surface area contributed by atoms with Gasteiger partial charge >= 0.3 is 0 Å². The van der Waals surface area contributed by atoms with Gasteiger partial charge in [-0.25, -0.2) is 0 Å². The van der Waals surface area contributed by atoms with Crippen molar-refractivity contribution < 1.29 is 9.94 Å². The summed E-state index contributed by atoms with van der Waals surface area (Å²) >= 11 is 0. The van der Waals surface area contributed by atoms with Crippen LogP contribution in [0.25, 0.3) is 0 Å². The van der Waals surface area contributed by atoms with E-state index in [-0.39, 0.29) is 0 Å². The number of hydrogen-bond acceptors (Lipinski definition) is 3. The van der Waals surface area contributed by atoms with Gasteiger partial charge in [-0.2, -0.15) is 0 Å². The molecule has 1 fully saturated rings. The Morgan fingerprint density at radius 1 is 1.33 bits per heavy atom. The highest BCUT2D eigenvalue weighted by molar-refractivity contribution is 5.84. The standard InChI is InChI=1S/C12H23NO2/c1-12(2,3)8-9-15-11-6-4-10(13-14)5-7-11/h11,14H,4-9H2,1-3H3. The average Bonchev–Trinajstić information content (AvgIpc) is 2.17. The minimum atomic E-state index is 0.354. The first kappa shape index (κ1) is 12.5. The summed E-state index contributed by atoms with van der Waals surface area (Å²) in [5.41, 5.74) is 1.28. The van der Waals surface area contributed by atoms with E-state index in [1.54, 1.807) is 0 Å². The fourth-order valence-corrected chi connectivity index (χ4v) is 1.72. The summed E-state index contributed by atoms with van der Waals surface area (Å²) in [6.07, 6.45) is 5.25. The van der Waals surface area contributed by atoms with E-state index in [1.807, 2.05) is 0 Å². The molecule has 3 nitrogen and oxygen atoms in total. The number of oxime groups is 1. The van der Waals surface area contributed by atoms with Crippen LogP contribution in [0.4, 0.5) is 0 Å². The smallest absolute Gasteiger partial charge is 0.0582 e. The molecular formula is C12H23NO2. The minimum absolute atomic E-state index is 0.354. The molecule has 0 aliphatic heterocycles. The van der Waals surface area contributed by atoms with Crippen LogP contribution >= 0.6 is 0 Å². The van der Waals surface area contributed by atoms with E-state index in [0.717, 1.165) is 44.4 Å². The zero-order valence-corrected chi connectivity index (χ0v) is 10.1. The lowest BCUT2D eigenvalue weighted by atomic mass is 9.92. The van der Waals surface area contributed by atoms with E-state index in [2.05, 4.69) is 25.9 Å². The van der Waals surface area contributed by atoms with Crippen molar-refractivity contribution in [1.82, 2.24) is 0 Å². The van der Waals surface area contributed by atoms with Crippen LogP contribution in [-0.2, 0) is 4.74 Å². The third-order valence-electron chi connectivity index (χ3n) is 2.86. The Balaban J connectivity index is 2.14. The van der Waals surface area contributed by atoms with Crippen LogP contribution in [0.1, 0.15) is 52.9 Å². The second-order valence-corrected chi connectivity index (χ2v) is 5.55. The summed E-state index contributed by atoms with van der Waals surface area (Å²) < 4.78 is 5.82. The van der Waals surface area contributed by atoms with Crippen molar-refractivity contribution in [1.29, 1.82) is 0 Å². The van der Waals surface area contributed by atoms with Gasteiger partial charge in [-0.05, 0) is 37.5 Å². The van der Waals surface area contributed by atoms with Crippen molar-refractivity contribution in [3.05, 3.63) is 0 Å². The summed E-state index contributed by atoms with van der Waals surface area (Å²) in [7, 11) is 0. The van der Waals surface area contributed by atoms with Gasteiger partial charge in [-0.3, -0.25) is 0 Å². The minimum Gasteiger partial charge on any atom is -0.411 e. The van der Waals surface area contributed by atoms with E-state index in [0.29, 0.717) is 11.5 Å². The lowest BCUT2D eigenvalue weighted by molar-refractivity contribution is 0.0259. The van der Waals surface area contributed by atoms with Gasteiger partial charge in [-0.15, -0.1) is 0 Å². The molecule has 88 valence electrons. The normalized spacial score (nSPS) is 22.9. The van der Waals surface area contributed by atoms with Crippen molar-refractivity contribution in [2.75, 3.05) is 6.61 Å². The van der Waals surface area contributed by atoms with Crippen LogP contribution in [0, 0.1) is 5.41 Å². The zero-order valence-electron chi connectivity index (χ0n) is 10.1. The summed E-state index contributed by atoms with van der Waals surface area (Å²) in [5.74, 6) is 0. The average molecular weight is 213 g/mol. The molecule has 15 heavy (non-hydrogen) atoms. The molecule has 0 atom stereocenters. The number of hydrogen-bond donors (Lipinski definition) is 1. The first-order valence-electron chi connectivity index (χ1n) is 5.83. The Kier molecular flexibility index (Phi) is 4.58. The molecule has 0 radical (unpaired) electrons. The quantitative estimate of drug-likeness (QED) is 0.577. The summed E-state index contributed by atoms with van der Waals surface area (Å²) in [6, 6.07) is 0. The molecule has 1 rings (SSSR count). The van der Waals surface area contributed by atoms with Gasteiger partial charge in [0.05, 0.1) is 11.8 Å². The molecule has 0 aromatic rings. The van der Waals surface area contributed by atoms with E-state index in [9.17, 15) is 0 Å². The second-order valence-electron chi connectivity index (χ2n) is 5.55. The van der Waals surface area contributed by atoms with Crippen molar-refractivity contribution in [2.45, 2.75) is 59.0 Å². The molecule has 0 heterocycles. The molecule has 0 unspecified atom stereocenters. The third-order valence-corrected chi connectivity index (χ3v) is 2.86. The van der Waals surface area contributed by atoms with Gasteiger partial charge in [0, 0.05) is 6.61 Å². The van der Waals surface area contributed by atoms with E-state index >= 15 is 0 Å². The van der Waals surface area contributed by atoms with Crippen LogP contribution in [-0.4, -0.2) is 23.6 Å². The fourth-order valence-electron chi connectivity index (χ4n) is 1.72. The molecule has 1 aliphatic carbocycles. The van der Waals surface area contributed by atoms with E-state index in [4.69, 9.17) is 9.94 Å². The Bertz CT molecular complexity index is 208. The number of nitrogens with zero attached hydrogens (tertiary/aromatic N) is 1. The zero-order chi connectivity index (χ0) is 11.3. The molecular weight excluding hydrogens is 190 g/mol. The van der Waals surface area contributed by atoms with Gasteiger partial charge in [0.1, 0.15) is 0 Å². The van der Waals surface area contributed by atoms with E-state index < -0.39 is 0 Å². The molecule has 0 amide bonds. The highest BCUT2D eigenvalue weighted by atomic mass is 16.5. The summed E-state index contributed by atoms with van der Waals surface area (Å²) in [5, 5.41) is 11.9. The maximum atomic E-state index is 8.61. The molecule has 1 aliphatic rings. The first-order valence-corrected chi connectivity index (χ1v) is 5.83. The number of rotatable bonds is 3. The molecule has 1 N–H and O–H groups in total. The van der Waals surface area contributed by atoms with Crippen molar-refractivity contribution >= 4 is 5.71 Å². The maximum Gasteiger partial charge on any atom is 0.0582 e.